The second-order valence-electron chi connectivity index (χ2n) is 4.93. The van der Waals surface area contributed by atoms with E-state index in [1.54, 1.807) is 0 Å². The molecule has 0 spiro atoms. The molecule has 6 heteroatoms. The van der Waals surface area contributed by atoms with Gasteiger partial charge in [0.2, 0.25) is 0 Å². The predicted octanol–water partition coefficient (Wildman–Crippen LogP) is 3.60. The molecule has 0 heterocycles. The van der Waals surface area contributed by atoms with Crippen molar-refractivity contribution in [1.29, 1.82) is 0 Å². The lowest BCUT2D eigenvalue weighted by Gasteiger charge is -2.09. The van der Waals surface area contributed by atoms with E-state index >= 15 is 0 Å². The Morgan fingerprint density at radius 3 is 2.65 bits per heavy atom. The standard InChI is InChI=1S/C11H12ClFN2O2/c1-11(2)5-10(11)14-8-4-7(13)6(12)3-9(8)15(16)17/h3-4,10,14H,5H2,1-2H3. The van der Waals surface area contributed by atoms with Gasteiger partial charge < -0.3 is 5.32 Å². The number of nitrogens with one attached hydrogen (secondary N) is 1. The quantitative estimate of drug-likeness (QED) is 0.666. The molecular weight excluding hydrogens is 247 g/mol. The van der Waals surface area contributed by atoms with E-state index in [1.807, 2.05) is 13.8 Å². The second kappa shape index (κ2) is 3.84. The van der Waals surface area contributed by atoms with Crippen LogP contribution in [0.3, 0.4) is 0 Å². The summed E-state index contributed by atoms with van der Waals surface area (Å²) in [5.41, 5.74) is 0.0934. The van der Waals surface area contributed by atoms with E-state index in [1.165, 1.54) is 0 Å². The molecule has 1 aromatic rings. The van der Waals surface area contributed by atoms with Crippen molar-refractivity contribution in [3.05, 3.63) is 33.1 Å². The predicted molar refractivity (Wildman–Crippen MR) is 63.9 cm³/mol. The Morgan fingerprint density at radius 2 is 2.18 bits per heavy atom. The summed E-state index contributed by atoms with van der Waals surface area (Å²) in [5.74, 6) is -0.654. The maximum Gasteiger partial charge on any atom is 0.294 e. The van der Waals surface area contributed by atoms with Crippen LogP contribution in [0.1, 0.15) is 20.3 Å². The molecule has 0 radical (unpaired) electrons. The zero-order valence-electron chi connectivity index (χ0n) is 9.46. The molecule has 1 saturated carbocycles. The van der Waals surface area contributed by atoms with Gasteiger partial charge in [0.15, 0.2) is 0 Å². The average Bonchev–Trinajstić information content (AvgIpc) is 2.79. The summed E-state index contributed by atoms with van der Waals surface area (Å²) in [5, 5.41) is 13.6. The molecule has 0 saturated heterocycles. The Kier molecular flexibility index (Phi) is 2.73. The van der Waals surface area contributed by atoms with Crippen LogP contribution >= 0.6 is 11.6 Å². The number of anilines is 1. The van der Waals surface area contributed by atoms with Crippen molar-refractivity contribution in [3.8, 4) is 0 Å². The molecular formula is C11H12ClFN2O2. The lowest BCUT2D eigenvalue weighted by atomic mass is 10.2. The van der Waals surface area contributed by atoms with Gasteiger partial charge in [-0.25, -0.2) is 4.39 Å². The van der Waals surface area contributed by atoms with E-state index in [2.05, 4.69) is 5.32 Å². The van der Waals surface area contributed by atoms with Crippen molar-refractivity contribution in [1.82, 2.24) is 0 Å². The molecule has 1 N–H and O–H groups in total. The lowest BCUT2D eigenvalue weighted by Crippen LogP contribution is -2.10. The summed E-state index contributed by atoms with van der Waals surface area (Å²) < 4.78 is 13.3. The van der Waals surface area contributed by atoms with E-state index in [-0.39, 0.29) is 27.9 Å². The largest absolute Gasteiger partial charge is 0.376 e. The topological polar surface area (TPSA) is 55.2 Å². The first kappa shape index (κ1) is 12.1. The summed E-state index contributed by atoms with van der Waals surface area (Å²) in [7, 11) is 0. The van der Waals surface area contributed by atoms with Gasteiger partial charge in [0.1, 0.15) is 11.5 Å². The fourth-order valence-electron chi connectivity index (χ4n) is 1.70. The molecule has 1 unspecified atom stereocenters. The number of hydrogen-bond acceptors (Lipinski definition) is 3. The molecule has 1 aliphatic rings. The molecule has 1 atom stereocenters. The molecule has 0 aromatic heterocycles. The van der Waals surface area contributed by atoms with Crippen molar-refractivity contribution in [2.45, 2.75) is 26.3 Å². The highest BCUT2D eigenvalue weighted by Crippen LogP contribution is 2.47. The molecule has 4 nitrogen and oxygen atoms in total. The lowest BCUT2D eigenvalue weighted by molar-refractivity contribution is -0.384. The van der Waals surface area contributed by atoms with Gasteiger partial charge in [0.05, 0.1) is 9.95 Å². The first-order valence-corrected chi connectivity index (χ1v) is 5.59. The number of hydrogen-bond donors (Lipinski definition) is 1. The third-order valence-electron chi connectivity index (χ3n) is 3.08. The molecule has 92 valence electrons. The maximum atomic E-state index is 13.3. The third kappa shape index (κ3) is 2.34. The van der Waals surface area contributed by atoms with Crippen LogP contribution in [0, 0.1) is 21.3 Å². The Labute approximate surface area is 103 Å². The fraction of sp³-hybridized carbons (Fsp3) is 0.455. The van der Waals surface area contributed by atoms with Crippen LogP contribution < -0.4 is 5.32 Å². The van der Waals surface area contributed by atoms with E-state index in [0.717, 1.165) is 18.6 Å². The Bertz CT molecular complexity index is 491. The zero-order valence-corrected chi connectivity index (χ0v) is 10.2. The highest BCUT2D eigenvalue weighted by molar-refractivity contribution is 6.31. The van der Waals surface area contributed by atoms with Crippen LogP contribution in [-0.4, -0.2) is 11.0 Å². The normalized spacial score (nSPS) is 21.1. The van der Waals surface area contributed by atoms with Crippen LogP contribution in [-0.2, 0) is 0 Å². The number of halogens is 2. The molecule has 0 amide bonds. The van der Waals surface area contributed by atoms with Gasteiger partial charge in [-0.15, -0.1) is 0 Å². The number of rotatable bonds is 3. The molecule has 2 rings (SSSR count). The number of nitro benzene ring substituents is 1. The van der Waals surface area contributed by atoms with E-state index < -0.39 is 10.7 Å². The van der Waals surface area contributed by atoms with E-state index in [4.69, 9.17) is 11.6 Å². The first-order chi connectivity index (χ1) is 7.81. The van der Waals surface area contributed by atoms with Crippen molar-refractivity contribution in [3.63, 3.8) is 0 Å². The Balaban J connectivity index is 2.32. The van der Waals surface area contributed by atoms with E-state index in [9.17, 15) is 14.5 Å². The van der Waals surface area contributed by atoms with E-state index in [0.29, 0.717) is 0 Å². The average molecular weight is 259 g/mol. The maximum absolute atomic E-state index is 13.3. The third-order valence-corrected chi connectivity index (χ3v) is 3.37. The van der Waals surface area contributed by atoms with Crippen LogP contribution in [0.5, 0.6) is 0 Å². The highest BCUT2D eigenvalue weighted by Gasteiger charge is 2.46. The Morgan fingerprint density at radius 1 is 1.59 bits per heavy atom. The number of benzene rings is 1. The minimum atomic E-state index is -0.654. The van der Waals surface area contributed by atoms with Crippen molar-refractivity contribution in [2.75, 3.05) is 5.32 Å². The monoisotopic (exact) mass is 258 g/mol. The first-order valence-electron chi connectivity index (χ1n) is 5.21. The van der Waals surface area contributed by atoms with Gasteiger partial charge in [-0.05, 0) is 11.8 Å². The molecule has 1 aromatic carbocycles. The summed E-state index contributed by atoms with van der Waals surface area (Å²) in [4.78, 5) is 10.3. The van der Waals surface area contributed by atoms with Gasteiger partial charge in [0, 0.05) is 18.2 Å². The minimum Gasteiger partial charge on any atom is -0.376 e. The highest BCUT2D eigenvalue weighted by atomic mass is 35.5. The SMILES string of the molecule is CC1(C)CC1Nc1cc(F)c(Cl)cc1[N+](=O)[O-]. The number of nitrogens with zero attached hydrogens (tertiary/aromatic N) is 1. The van der Waals surface area contributed by atoms with Crippen LogP contribution in [0.25, 0.3) is 0 Å². The van der Waals surface area contributed by atoms with Gasteiger partial charge in [-0.2, -0.15) is 0 Å². The summed E-state index contributed by atoms with van der Waals surface area (Å²) in [6.45, 7) is 4.09. The molecule has 0 bridgehead atoms. The van der Waals surface area contributed by atoms with Crippen molar-refractivity contribution >= 4 is 23.0 Å². The summed E-state index contributed by atoms with van der Waals surface area (Å²) in [6, 6.07) is 2.26. The van der Waals surface area contributed by atoms with Crippen LogP contribution in [0.2, 0.25) is 5.02 Å². The molecule has 1 fully saturated rings. The molecule has 1 aliphatic carbocycles. The van der Waals surface area contributed by atoms with Gasteiger partial charge in [-0.1, -0.05) is 25.4 Å². The fourth-order valence-corrected chi connectivity index (χ4v) is 1.86. The Hall–Kier alpha value is -1.36. The van der Waals surface area contributed by atoms with Gasteiger partial charge in [-0.3, -0.25) is 10.1 Å². The zero-order chi connectivity index (χ0) is 12.8. The van der Waals surface area contributed by atoms with Gasteiger partial charge in [0.25, 0.3) is 5.69 Å². The summed E-state index contributed by atoms with van der Waals surface area (Å²) in [6.07, 6.45) is 0.911. The van der Waals surface area contributed by atoms with Crippen molar-refractivity contribution < 1.29 is 9.31 Å². The van der Waals surface area contributed by atoms with Gasteiger partial charge >= 0.3 is 0 Å². The van der Waals surface area contributed by atoms with Crippen molar-refractivity contribution in [2.24, 2.45) is 5.41 Å². The second-order valence-corrected chi connectivity index (χ2v) is 5.34. The molecule has 17 heavy (non-hydrogen) atoms. The molecule has 0 aliphatic heterocycles. The minimum absolute atomic E-state index is 0.101. The number of nitro groups is 1. The smallest absolute Gasteiger partial charge is 0.294 e. The van der Waals surface area contributed by atoms with Crippen LogP contribution in [0.4, 0.5) is 15.8 Å². The van der Waals surface area contributed by atoms with Crippen LogP contribution in [0.15, 0.2) is 12.1 Å². The summed E-state index contributed by atoms with van der Waals surface area (Å²) >= 11 is 5.53.